The van der Waals surface area contributed by atoms with Crippen molar-refractivity contribution in [1.82, 2.24) is 9.55 Å². The van der Waals surface area contributed by atoms with E-state index in [9.17, 15) is 15.3 Å². The van der Waals surface area contributed by atoms with Gasteiger partial charge < -0.3 is 4.57 Å². The average Bonchev–Trinajstić information content (AvgIpc) is 3.11. The van der Waals surface area contributed by atoms with Gasteiger partial charge in [-0.15, -0.1) is 0 Å². The van der Waals surface area contributed by atoms with Crippen molar-refractivity contribution < 1.29 is 4.79 Å². The minimum atomic E-state index is -0.307. The minimum Gasteiger partial charge on any atom is -0.322 e. The first-order valence-corrected chi connectivity index (χ1v) is 9.94. The molecule has 3 aromatic rings. The number of nitrogens with zero attached hydrogens (tertiary/aromatic N) is 4. The number of nitriles is 2. The normalized spacial score (nSPS) is 15.8. The number of carbonyl (C=O) groups excluding carboxylic acids is 1. The van der Waals surface area contributed by atoms with E-state index in [1.54, 1.807) is 23.0 Å². The molecular weight excluding hydrogens is 360 g/mol. The van der Waals surface area contributed by atoms with Gasteiger partial charge in [0.1, 0.15) is 6.07 Å². The Labute approximate surface area is 170 Å². The molecule has 144 valence electrons. The molecular formula is C24H22N4O. The lowest BCUT2D eigenvalue weighted by molar-refractivity contribution is -0.119. The van der Waals surface area contributed by atoms with Crippen LogP contribution in [0.3, 0.4) is 0 Å². The Kier molecular flexibility index (Phi) is 4.91. The van der Waals surface area contributed by atoms with Gasteiger partial charge >= 0.3 is 0 Å². The van der Waals surface area contributed by atoms with E-state index in [-0.39, 0.29) is 23.7 Å². The fraction of sp³-hybridized carbons (Fsp3) is 0.333. The topological polar surface area (TPSA) is 82.5 Å². The summed E-state index contributed by atoms with van der Waals surface area (Å²) in [5, 5.41) is 18.8. The van der Waals surface area contributed by atoms with Crippen LogP contribution in [-0.2, 0) is 16.8 Å². The van der Waals surface area contributed by atoms with Crippen LogP contribution in [0.5, 0.6) is 0 Å². The lowest BCUT2D eigenvalue weighted by atomic mass is 9.65. The Hall–Kier alpha value is -3.44. The van der Waals surface area contributed by atoms with Crippen LogP contribution in [0.4, 0.5) is 0 Å². The second-order valence-electron chi connectivity index (χ2n) is 7.97. The van der Waals surface area contributed by atoms with Gasteiger partial charge in [-0.1, -0.05) is 37.3 Å². The quantitative estimate of drug-likeness (QED) is 0.623. The molecule has 0 bridgehead atoms. The van der Waals surface area contributed by atoms with Gasteiger partial charge in [-0.05, 0) is 48.4 Å². The molecule has 1 heterocycles. The van der Waals surface area contributed by atoms with Crippen molar-refractivity contribution in [1.29, 1.82) is 10.5 Å². The zero-order chi connectivity index (χ0) is 20.4. The van der Waals surface area contributed by atoms with Crippen molar-refractivity contribution in [2.24, 2.45) is 0 Å². The molecule has 1 saturated carbocycles. The third-order valence-electron chi connectivity index (χ3n) is 6.09. The number of imidazole rings is 1. The largest absolute Gasteiger partial charge is 0.322 e. The lowest BCUT2D eigenvalue weighted by Crippen LogP contribution is -2.32. The van der Waals surface area contributed by atoms with E-state index >= 15 is 0 Å². The highest BCUT2D eigenvalue weighted by atomic mass is 16.1. The summed E-state index contributed by atoms with van der Waals surface area (Å²) in [5.74, 6) is 0.183. The standard InChI is InChI=1S/C24H22N4O/c1-17(18-6-8-20(9-7-18)24(15-26)10-3-11-24)12-21(29)14-28-16-27-22-5-2-4-19(13-25)23(22)28/h2,4-9,16-17H,3,10-12,14H2,1H3. The number of hydrogen-bond donors (Lipinski definition) is 0. The predicted molar refractivity (Wildman–Crippen MR) is 110 cm³/mol. The number of Topliss-reactive ketones (excluding diaryl/α,β-unsaturated/α-hetero) is 1. The molecule has 1 unspecified atom stereocenters. The van der Waals surface area contributed by atoms with Crippen LogP contribution in [0.15, 0.2) is 48.8 Å². The molecule has 5 nitrogen and oxygen atoms in total. The summed E-state index contributed by atoms with van der Waals surface area (Å²) in [5.41, 5.74) is 3.84. The molecule has 2 aromatic carbocycles. The Bertz CT molecular complexity index is 1140. The van der Waals surface area contributed by atoms with Crippen LogP contribution < -0.4 is 0 Å². The SMILES string of the molecule is CC(CC(=O)Cn1cnc2cccc(C#N)c21)c1ccc(C2(C#N)CCC2)cc1. The maximum atomic E-state index is 12.7. The van der Waals surface area contributed by atoms with E-state index in [1.807, 2.05) is 37.3 Å². The molecule has 0 radical (unpaired) electrons. The summed E-state index contributed by atoms with van der Waals surface area (Å²) in [6.07, 6.45) is 5.01. The van der Waals surface area contributed by atoms with Crippen LogP contribution in [-0.4, -0.2) is 15.3 Å². The highest BCUT2D eigenvalue weighted by Crippen LogP contribution is 2.43. The van der Waals surface area contributed by atoms with E-state index in [4.69, 9.17) is 0 Å². The summed E-state index contributed by atoms with van der Waals surface area (Å²) in [7, 11) is 0. The summed E-state index contributed by atoms with van der Waals surface area (Å²) in [4.78, 5) is 17.0. The number of fused-ring (bicyclic) bond motifs is 1. The van der Waals surface area contributed by atoms with Gasteiger partial charge in [-0.2, -0.15) is 10.5 Å². The highest BCUT2D eigenvalue weighted by molar-refractivity contribution is 5.85. The number of rotatable bonds is 6. The van der Waals surface area contributed by atoms with Gasteiger partial charge in [0.15, 0.2) is 5.78 Å². The molecule has 0 saturated heterocycles. The molecule has 1 aromatic heterocycles. The van der Waals surface area contributed by atoms with Gasteiger partial charge in [0, 0.05) is 6.42 Å². The summed E-state index contributed by atoms with van der Waals surface area (Å²) < 4.78 is 1.76. The Morgan fingerprint density at radius 3 is 2.59 bits per heavy atom. The number of benzene rings is 2. The van der Waals surface area contributed by atoms with Crippen LogP contribution in [0.1, 0.15) is 55.2 Å². The molecule has 1 aliphatic carbocycles. The van der Waals surface area contributed by atoms with E-state index in [0.717, 1.165) is 35.9 Å². The van der Waals surface area contributed by atoms with E-state index < -0.39 is 0 Å². The molecule has 0 amide bonds. The number of aromatic nitrogens is 2. The Balaban J connectivity index is 1.45. The minimum absolute atomic E-state index is 0.0844. The number of carbonyl (C=O) groups is 1. The van der Waals surface area contributed by atoms with Crippen molar-refractivity contribution >= 4 is 16.8 Å². The van der Waals surface area contributed by atoms with Crippen molar-refractivity contribution in [2.75, 3.05) is 0 Å². The van der Waals surface area contributed by atoms with Gasteiger partial charge in [0.25, 0.3) is 0 Å². The molecule has 5 heteroatoms. The molecule has 1 atom stereocenters. The van der Waals surface area contributed by atoms with E-state index in [1.165, 1.54) is 0 Å². The average molecular weight is 382 g/mol. The molecule has 0 N–H and O–H groups in total. The van der Waals surface area contributed by atoms with Crippen LogP contribution in [0.25, 0.3) is 11.0 Å². The first-order valence-electron chi connectivity index (χ1n) is 9.94. The molecule has 1 fully saturated rings. The van der Waals surface area contributed by atoms with Crippen LogP contribution >= 0.6 is 0 Å². The first kappa shape index (κ1) is 18.9. The fourth-order valence-electron chi connectivity index (χ4n) is 4.18. The van der Waals surface area contributed by atoms with Crippen molar-refractivity contribution in [2.45, 2.75) is 50.5 Å². The van der Waals surface area contributed by atoms with E-state index in [2.05, 4.69) is 17.1 Å². The van der Waals surface area contributed by atoms with Crippen LogP contribution in [0.2, 0.25) is 0 Å². The van der Waals surface area contributed by atoms with Crippen molar-refractivity contribution in [3.8, 4) is 12.1 Å². The van der Waals surface area contributed by atoms with Gasteiger partial charge in [0.05, 0.1) is 41.0 Å². The van der Waals surface area contributed by atoms with Gasteiger partial charge in [-0.3, -0.25) is 4.79 Å². The van der Waals surface area contributed by atoms with Crippen molar-refractivity contribution in [3.63, 3.8) is 0 Å². The number of hydrogen-bond acceptors (Lipinski definition) is 4. The Morgan fingerprint density at radius 2 is 1.97 bits per heavy atom. The lowest BCUT2D eigenvalue weighted by Gasteiger charge is -2.35. The third-order valence-corrected chi connectivity index (χ3v) is 6.09. The highest BCUT2D eigenvalue weighted by Gasteiger charge is 2.38. The molecule has 29 heavy (non-hydrogen) atoms. The monoisotopic (exact) mass is 382 g/mol. The first-order chi connectivity index (χ1) is 14.1. The number of ketones is 1. The summed E-state index contributed by atoms with van der Waals surface area (Å²) in [6.45, 7) is 2.25. The van der Waals surface area contributed by atoms with Crippen LogP contribution in [0, 0.1) is 22.7 Å². The number of para-hydroxylation sites is 1. The maximum absolute atomic E-state index is 12.7. The maximum Gasteiger partial charge on any atom is 0.153 e. The fourth-order valence-corrected chi connectivity index (χ4v) is 4.18. The third kappa shape index (κ3) is 3.41. The van der Waals surface area contributed by atoms with Gasteiger partial charge in [-0.25, -0.2) is 4.98 Å². The Morgan fingerprint density at radius 1 is 1.21 bits per heavy atom. The van der Waals surface area contributed by atoms with Gasteiger partial charge in [0.2, 0.25) is 0 Å². The predicted octanol–water partition coefficient (Wildman–Crippen LogP) is 4.62. The summed E-state index contributed by atoms with van der Waals surface area (Å²) >= 11 is 0. The summed E-state index contributed by atoms with van der Waals surface area (Å²) in [6, 6.07) is 18.2. The molecule has 0 spiro atoms. The molecule has 4 rings (SSSR count). The van der Waals surface area contributed by atoms with E-state index in [0.29, 0.717) is 17.5 Å². The second-order valence-corrected chi connectivity index (χ2v) is 7.97. The molecule has 0 aliphatic heterocycles. The zero-order valence-corrected chi connectivity index (χ0v) is 16.4. The molecule has 1 aliphatic rings. The second kappa shape index (κ2) is 7.53. The zero-order valence-electron chi connectivity index (χ0n) is 16.4. The van der Waals surface area contributed by atoms with Crippen molar-refractivity contribution in [3.05, 3.63) is 65.5 Å². The smallest absolute Gasteiger partial charge is 0.153 e.